The van der Waals surface area contributed by atoms with Crippen LogP contribution in [0.15, 0.2) is 29.2 Å². The number of rotatable bonds is 7. The van der Waals surface area contributed by atoms with Crippen LogP contribution in [0.3, 0.4) is 0 Å². The molecule has 0 heterocycles. The fourth-order valence-corrected chi connectivity index (χ4v) is 4.11. The topological polar surface area (TPSA) is 58.2 Å². The lowest BCUT2D eigenvalue weighted by Crippen LogP contribution is -2.36. The summed E-state index contributed by atoms with van der Waals surface area (Å²) in [6, 6.07) is 7.33. The summed E-state index contributed by atoms with van der Waals surface area (Å²) in [5.41, 5.74) is 1.01. The van der Waals surface area contributed by atoms with Crippen molar-refractivity contribution in [2.24, 2.45) is 0 Å². The number of benzene rings is 1. The average molecular weight is 310 g/mol. The lowest BCUT2D eigenvalue weighted by atomic mass is 9.96. The van der Waals surface area contributed by atoms with Gasteiger partial charge in [0, 0.05) is 12.6 Å². The van der Waals surface area contributed by atoms with E-state index in [0.717, 1.165) is 44.2 Å². The van der Waals surface area contributed by atoms with E-state index in [1.807, 2.05) is 12.1 Å². The van der Waals surface area contributed by atoms with E-state index < -0.39 is 10.0 Å². The van der Waals surface area contributed by atoms with E-state index in [-0.39, 0.29) is 6.04 Å². The fraction of sp³-hybridized carbons (Fsp3) is 0.625. The van der Waals surface area contributed by atoms with Gasteiger partial charge >= 0.3 is 0 Å². The minimum absolute atomic E-state index is 0.102. The van der Waals surface area contributed by atoms with Gasteiger partial charge in [0.2, 0.25) is 10.0 Å². The minimum Gasteiger partial charge on any atom is -0.313 e. The van der Waals surface area contributed by atoms with Crippen molar-refractivity contribution < 1.29 is 8.42 Å². The molecule has 2 rings (SSSR count). The van der Waals surface area contributed by atoms with Gasteiger partial charge in [-0.05, 0) is 43.5 Å². The molecule has 2 N–H and O–H groups in total. The lowest BCUT2D eigenvalue weighted by Gasteiger charge is -2.22. The first-order chi connectivity index (χ1) is 10.1. The normalized spacial score (nSPS) is 17.0. The maximum atomic E-state index is 12.5. The fourth-order valence-electron chi connectivity index (χ4n) is 2.74. The van der Waals surface area contributed by atoms with Gasteiger partial charge in [-0.3, -0.25) is 0 Å². The molecule has 1 saturated carbocycles. The Balaban J connectivity index is 2.02. The first kappa shape index (κ1) is 16.5. The highest BCUT2D eigenvalue weighted by molar-refractivity contribution is 7.89. The second-order valence-electron chi connectivity index (χ2n) is 5.78. The second-order valence-corrected chi connectivity index (χ2v) is 7.49. The zero-order chi connectivity index (χ0) is 15.1. The molecule has 0 spiro atoms. The molecular weight excluding hydrogens is 284 g/mol. The molecule has 1 aliphatic rings. The summed E-state index contributed by atoms with van der Waals surface area (Å²) in [6.45, 7) is 3.76. The molecule has 21 heavy (non-hydrogen) atoms. The quantitative estimate of drug-likeness (QED) is 0.761. The highest BCUT2D eigenvalue weighted by atomic mass is 32.2. The molecule has 5 heteroatoms. The highest BCUT2D eigenvalue weighted by Gasteiger charge is 2.21. The predicted molar refractivity (Wildman–Crippen MR) is 85.6 cm³/mol. The van der Waals surface area contributed by atoms with E-state index in [1.54, 1.807) is 12.1 Å². The van der Waals surface area contributed by atoms with Gasteiger partial charge in [0.15, 0.2) is 0 Å². The largest absolute Gasteiger partial charge is 0.313 e. The van der Waals surface area contributed by atoms with Crippen LogP contribution in [0, 0.1) is 0 Å². The van der Waals surface area contributed by atoms with Crippen molar-refractivity contribution in [2.75, 3.05) is 6.54 Å². The van der Waals surface area contributed by atoms with Crippen LogP contribution in [0.4, 0.5) is 0 Å². The zero-order valence-electron chi connectivity index (χ0n) is 12.8. The Morgan fingerprint density at radius 1 is 1.19 bits per heavy atom. The summed E-state index contributed by atoms with van der Waals surface area (Å²) in [5.74, 6) is 0. The van der Waals surface area contributed by atoms with Crippen LogP contribution in [0.2, 0.25) is 0 Å². The number of nitrogens with one attached hydrogen (secondary N) is 2. The van der Waals surface area contributed by atoms with Crippen LogP contribution in [0.25, 0.3) is 0 Å². The van der Waals surface area contributed by atoms with Crippen LogP contribution in [-0.4, -0.2) is 21.0 Å². The van der Waals surface area contributed by atoms with E-state index >= 15 is 0 Å². The molecule has 0 aliphatic heterocycles. The van der Waals surface area contributed by atoms with Crippen LogP contribution < -0.4 is 10.0 Å². The first-order valence-corrected chi connectivity index (χ1v) is 9.42. The van der Waals surface area contributed by atoms with Crippen molar-refractivity contribution in [2.45, 2.75) is 62.9 Å². The molecular formula is C16H26N2O2S. The summed E-state index contributed by atoms with van der Waals surface area (Å²) in [7, 11) is -3.39. The molecule has 1 aromatic rings. The molecule has 0 saturated heterocycles. The predicted octanol–water partition coefficient (Wildman–Crippen LogP) is 2.80. The monoisotopic (exact) mass is 310 g/mol. The molecule has 0 radical (unpaired) electrons. The molecule has 1 fully saturated rings. The number of hydrogen-bond donors (Lipinski definition) is 2. The Morgan fingerprint density at radius 3 is 2.67 bits per heavy atom. The number of sulfonamides is 1. The van der Waals surface area contributed by atoms with E-state index in [1.165, 1.54) is 6.42 Å². The van der Waals surface area contributed by atoms with E-state index in [2.05, 4.69) is 17.0 Å². The summed E-state index contributed by atoms with van der Waals surface area (Å²) in [6.07, 6.45) is 6.44. The van der Waals surface area contributed by atoms with E-state index in [9.17, 15) is 8.42 Å². The van der Waals surface area contributed by atoms with Gasteiger partial charge in [-0.15, -0.1) is 0 Å². The summed E-state index contributed by atoms with van der Waals surface area (Å²) < 4.78 is 27.8. The van der Waals surface area contributed by atoms with E-state index in [4.69, 9.17) is 0 Å². The molecule has 0 bridgehead atoms. The SMILES string of the molecule is CCCNCc1cccc(S(=O)(=O)NC2CCCCC2)c1. The van der Waals surface area contributed by atoms with Crippen LogP contribution in [-0.2, 0) is 16.6 Å². The van der Waals surface area contributed by atoms with Gasteiger partial charge < -0.3 is 5.32 Å². The van der Waals surface area contributed by atoms with Crippen molar-refractivity contribution >= 4 is 10.0 Å². The molecule has 0 atom stereocenters. The van der Waals surface area contributed by atoms with Gasteiger partial charge in [-0.2, -0.15) is 0 Å². The third-order valence-corrected chi connectivity index (χ3v) is 5.41. The van der Waals surface area contributed by atoms with Crippen molar-refractivity contribution in [1.29, 1.82) is 0 Å². The molecule has 1 aromatic carbocycles. The number of hydrogen-bond acceptors (Lipinski definition) is 3. The third-order valence-electron chi connectivity index (χ3n) is 3.89. The summed E-state index contributed by atoms with van der Waals surface area (Å²) in [4.78, 5) is 0.379. The van der Waals surface area contributed by atoms with Crippen LogP contribution >= 0.6 is 0 Å². The van der Waals surface area contributed by atoms with Crippen molar-refractivity contribution in [3.05, 3.63) is 29.8 Å². The van der Waals surface area contributed by atoms with Crippen molar-refractivity contribution in [3.63, 3.8) is 0 Å². The standard InChI is InChI=1S/C16H26N2O2S/c1-2-11-17-13-14-7-6-10-16(12-14)21(19,20)18-15-8-4-3-5-9-15/h6-7,10,12,15,17-18H,2-5,8-9,11,13H2,1H3. The smallest absolute Gasteiger partial charge is 0.240 e. The van der Waals surface area contributed by atoms with Gasteiger partial charge in [-0.25, -0.2) is 13.1 Å². The Morgan fingerprint density at radius 2 is 1.95 bits per heavy atom. The van der Waals surface area contributed by atoms with Crippen molar-refractivity contribution in [3.8, 4) is 0 Å². The maximum Gasteiger partial charge on any atom is 0.240 e. The van der Waals surface area contributed by atoms with Gasteiger partial charge in [0.05, 0.1) is 4.90 Å². The third kappa shape index (κ3) is 5.09. The molecule has 1 aliphatic carbocycles. The average Bonchev–Trinajstić information content (AvgIpc) is 2.48. The first-order valence-electron chi connectivity index (χ1n) is 7.94. The van der Waals surface area contributed by atoms with Crippen LogP contribution in [0.5, 0.6) is 0 Å². The molecule has 118 valence electrons. The van der Waals surface area contributed by atoms with Gasteiger partial charge in [0.1, 0.15) is 0 Å². The molecule has 0 aromatic heterocycles. The second kappa shape index (κ2) is 7.92. The molecule has 0 unspecified atom stereocenters. The van der Waals surface area contributed by atoms with Crippen LogP contribution in [0.1, 0.15) is 51.0 Å². The summed E-state index contributed by atoms with van der Waals surface area (Å²) in [5, 5.41) is 3.30. The molecule has 0 amide bonds. The Kier molecular flexibility index (Phi) is 6.21. The molecule has 4 nitrogen and oxygen atoms in total. The lowest BCUT2D eigenvalue weighted by molar-refractivity contribution is 0.412. The van der Waals surface area contributed by atoms with Crippen molar-refractivity contribution in [1.82, 2.24) is 10.0 Å². The van der Waals surface area contributed by atoms with E-state index in [0.29, 0.717) is 11.4 Å². The zero-order valence-corrected chi connectivity index (χ0v) is 13.6. The minimum atomic E-state index is -3.39. The Labute approximate surface area is 128 Å². The summed E-state index contributed by atoms with van der Waals surface area (Å²) >= 11 is 0. The van der Waals surface area contributed by atoms with Gasteiger partial charge in [-0.1, -0.05) is 38.3 Å². The maximum absolute atomic E-state index is 12.5. The highest BCUT2D eigenvalue weighted by Crippen LogP contribution is 2.20. The Hall–Kier alpha value is -0.910. The van der Waals surface area contributed by atoms with Gasteiger partial charge in [0.25, 0.3) is 0 Å². The Bertz CT molecular complexity index is 537.